The van der Waals surface area contributed by atoms with Crippen LogP contribution in [0.3, 0.4) is 0 Å². The number of rotatable bonds is 8. The van der Waals surface area contributed by atoms with Gasteiger partial charge in [0.15, 0.2) is 0 Å². The van der Waals surface area contributed by atoms with Crippen molar-refractivity contribution < 1.29 is 17.2 Å². The second-order valence-corrected chi connectivity index (χ2v) is 12.0. The Hall–Kier alpha value is -3.90. The predicted octanol–water partition coefficient (Wildman–Crippen LogP) is 4.29. The van der Waals surface area contributed by atoms with E-state index in [-0.39, 0.29) is 22.8 Å². The van der Waals surface area contributed by atoms with Crippen LogP contribution in [0.15, 0.2) is 65.7 Å². The summed E-state index contributed by atoms with van der Waals surface area (Å²) in [5.74, 6) is -1.33. The molecule has 2 heterocycles. The van der Waals surface area contributed by atoms with Crippen molar-refractivity contribution in [3.63, 3.8) is 0 Å². The number of halogens is 2. The molecule has 1 saturated carbocycles. The first kappa shape index (κ1) is 27.7. The fourth-order valence-electron chi connectivity index (χ4n) is 4.96. The molecule has 1 fully saturated rings. The van der Waals surface area contributed by atoms with E-state index in [1.165, 1.54) is 41.2 Å². The van der Waals surface area contributed by atoms with Gasteiger partial charge in [-0.1, -0.05) is 12.1 Å². The lowest BCUT2D eigenvalue weighted by Crippen LogP contribution is -2.36. The average molecular weight is 569 g/mol. The number of fused-ring (bicyclic) bond motifs is 1. The second kappa shape index (κ2) is 11.3. The van der Waals surface area contributed by atoms with Gasteiger partial charge in [-0.05, 0) is 75.7 Å². The van der Waals surface area contributed by atoms with Crippen LogP contribution in [0.2, 0.25) is 0 Å². The molecule has 0 bridgehead atoms. The van der Waals surface area contributed by atoms with Crippen molar-refractivity contribution in [2.45, 2.75) is 43.5 Å². The van der Waals surface area contributed by atoms with Crippen molar-refractivity contribution in [3.05, 3.63) is 88.5 Å². The minimum absolute atomic E-state index is 0.214. The van der Waals surface area contributed by atoms with Gasteiger partial charge in [-0.3, -0.25) is 14.1 Å². The molecular formula is C28H30F2N6O3S. The normalized spacial score (nSPS) is 17.7. The predicted molar refractivity (Wildman–Crippen MR) is 151 cm³/mol. The number of hydrogen-bond acceptors (Lipinski definition) is 7. The fourth-order valence-corrected chi connectivity index (χ4v) is 6.17. The van der Waals surface area contributed by atoms with Gasteiger partial charge in [0.1, 0.15) is 11.6 Å². The van der Waals surface area contributed by atoms with E-state index >= 15 is 0 Å². The number of nitrogens with zero attached hydrogens (tertiary/aromatic N) is 4. The zero-order valence-electron chi connectivity index (χ0n) is 22.1. The largest absolute Gasteiger partial charge is 0.351 e. The maximum atomic E-state index is 14.9. The number of sulfonamides is 1. The maximum absolute atomic E-state index is 14.9. The monoisotopic (exact) mass is 568 g/mol. The van der Waals surface area contributed by atoms with Crippen LogP contribution < -0.4 is 15.6 Å². The Bertz CT molecular complexity index is 1690. The highest BCUT2D eigenvalue weighted by atomic mass is 32.2. The lowest BCUT2D eigenvalue weighted by molar-refractivity contribution is 0.221. The van der Waals surface area contributed by atoms with Gasteiger partial charge < -0.3 is 10.2 Å². The Morgan fingerprint density at radius 1 is 1.02 bits per heavy atom. The molecule has 2 N–H and O–H groups in total. The van der Waals surface area contributed by atoms with Gasteiger partial charge >= 0.3 is 0 Å². The summed E-state index contributed by atoms with van der Waals surface area (Å²) in [7, 11) is 0.229. The highest BCUT2D eigenvalue weighted by molar-refractivity contribution is 7.91. The summed E-state index contributed by atoms with van der Waals surface area (Å²) < 4.78 is 56.5. The van der Waals surface area contributed by atoms with E-state index in [0.717, 1.165) is 43.9 Å². The summed E-state index contributed by atoms with van der Waals surface area (Å²) in [5, 5.41) is 3.65. The molecule has 1 aliphatic rings. The van der Waals surface area contributed by atoms with E-state index < -0.39 is 33.0 Å². The molecule has 2 aromatic heterocycles. The molecule has 5 rings (SSSR count). The average Bonchev–Trinajstić information content (AvgIpc) is 2.91. The maximum Gasteiger partial charge on any atom is 0.266 e. The van der Waals surface area contributed by atoms with Gasteiger partial charge in [0.2, 0.25) is 16.0 Å². The fraction of sp³-hybridized carbons (Fsp3) is 0.321. The third kappa shape index (κ3) is 6.28. The Kier molecular flexibility index (Phi) is 7.81. The Labute approximate surface area is 230 Å². The molecule has 2 aromatic carbocycles. The van der Waals surface area contributed by atoms with Gasteiger partial charge in [0.05, 0.1) is 28.0 Å². The molecule has 0 atom stereocenters. The van der Waals surface area contributed by atoms with E-state index in [1.54, 1.807) is 6.07 Å². The second-order valence-electron chi connectivity index (χ2n) is 10.2. The number of aromatic nitrogens is 3. The van der Waals surface area contributed by atoms with Crippen LogP contribution in [-0.4, -0.2) is 54.0 Å². The SMILES string of the molecule is CN(C)C1CCC(Nc2ncc3c(=O)n(-c4ccc(NS(=O)(=O)Cc5ccc(F)cc5)c(F)c4)ccc3n2)CC1. The molecule has 0 amide bonds. The standard InChI is InChI=1S/C28H30F2N6O3S/c1-35(2)21-9-7-20(8-10-21)32-28-31-16-23-25(33-28)13-14-36(27(23)37)22-11-12-26(24(30)15-22)34-40(38,39)17-18-3-5-19(29)6-4-18/h3-6,11-16,20-21,34H,7-10,17H2,1-2H3,(H,31,32,33). The van der Waals surface area contributed by atoms with Gasteiger partial charge in [-0.25, -0.2) is 27.2 Å². The summed E-state index contributed by atoms with van der Waals surface area (Å²) in [4.78, 5) is 24.3. The van der Waals surface area contributed by atoms with Crippen LogP contribution >= 0.6 is 0 Å². The minimum Gasteiger partial charge on any atom is -0.351 e. The van der Waals surface area contributed by atoms with Crippen molar-refractivity contribution >= 4 is 32.6 Å². The topological polar surface area (TPSA) is 109 Å². The zero-order valence-corrected chi connectivity index (χ0v) is 23.0. The Morgan fingerprint density at radius 3 is 2.42 bits per heavy atom. The van der Waals surface area contributed by atoms with Crippen LogP contribution in [0.1, 0.15) is 31.2 Å². The van der Waals surface area contributed by atoms with E-state index in [2.05, 4.69) is 39.0 Å². The molecule has 0 saturated heterocycles. The van der Waals surface area contributed by atoms with Crippen LogP contribution in [0.4, 0.5) is 20.4 Å². The zero-order chi connectivity index (χ0) is 28.4. The van der Waals surface area contributed by atoms with Crippen molar-refractivity contribution in [1.29, 1.82) is 0 Å². The number of nitrogens with one attached hydrogen (secondary N) is 2. The first-order valence-corrected chi connectivity index (χ1v) is 14.6. The number of anilines is 2. The van der Waals surface area contributed by atoms with Crippen molar-refractivity contribution in [2.75, 3.05) is 24.1 Å². The molecule has 1 aliphatic carbocycles. The summed E-state index contributed by atoms with van der Waals surface area (Å²) in [5.41, 5.74) is 0.334. The molecule has 0 radical (unpaired) electrons. The highest BCUT2D eigenvalue weighted by Gasteiger charge is 2.23. The molecule has 4 aromatic rings. The highest BCUT2D eigenvalue weighted by Crippen LogP contribution is 2.24. The molecule has 9 nitrogen and oxygen atoms in total. The van der Waals surface area contributed by atoms with Crippen molar-refractivity contribution in [1.82, 2.24) is 19.4 Å². The number of hydrogen-bond donors (Lipinski definition) is 2. The van der Waals surface area contributed by atoms with E-state index in [9.17, 15) is 22.0 Å². The Balaban J connectivity index is 1.31. The quantitative estimate of drug-likeness (QED) is 0.327. The third-order valence-electron chi connectivity index (χ3n) is 7.18. The first-order valence-electron chi connectivity index (χ1n) is 12.9. The van der Waals surface area contributed by atoms with Crippen molar-refractivity contribution in [2.24, 2.45) is 0 Å². The van der Waals surface area contributed by atoms with Gasteiger partial charge in [0, 0.05) is 30.5 Å². The minimum atomic E-state index is -3.96. The number of benzene rings is 2. The molecule has 12 heteroatoms. The third-order valence-corrected chi connectivity index (χ3v) is 8.42. The van der Waals surface area contributed by atoms with E-state index in [4.69, 9.17) is 0 Å². The lowest BCUT2D eigenvalue weighted by Gasteiger charge is -2.32. The summed E-state index contributed by atoms with van der Waals surface area (Å²) in [6.07, 6.45) is 7.16. The van der Waals surface area contributed by atoms with Gasteiger partial charge in [-0.2, -0.15) is 0 Å². The van der Waals surface area contributed by atoms with Crippen molar-refractivity contribution in [3.8, 4) is 5.69 Å². The summed E-state index contributed by atoms with van der Waals surface area (Å²) in [6.45, 7) is 0. The first-order chi connectivity index (χ1) is 19.1. The van der Waals surface area contributed by atoms with Crippen LogP contribution in [0.25, 0.3) is 16.6 Å². The molecule has 0 spiro atoms. The van der Waals surface area contributed by atoms with E-state index in [1.807, 2.05) is 0 Å². The molecular weight excluding hydrogens is 538 g/mol. The van der Waals surface area contributed by atoms with Gasteiger partial charge in [0.25, 0.3) is 5.56 Å². The smallest absolute Gasteiger partial charge is 0.266 e. The molecule has 0 unspecified atom stereocenters. The molecule has 210 valence electrons. The molecule has 40 heavy (non-hydrogen) atoms. The van der Waals surface area contributed by atoms with Crippen LogP contribution in [0, 0.1) is 11.6 Å². The number of pyridine rings is 1. The van der Waals surface area contributed by atoms with Gasteiger partial charge in [-0.15, -0.1) is 0 Å². The summed E-state index contributed by atoms with van der Waals surface area (Å²) in [6, 6.07) is 11.3. The molecule has 0 aliphatic heterocycles. The van der Waals surface area contributed by atoms with Crippen LogP contribution in [-0.2, 0) is 15.8 Å². The Morgan fingerprint density at radius 2 is 1.75 bits per heavy atom. The van der Waals surface area contributed by atoms with E-state index in [0.29, 0.717) is 23.1 Å². The lowest BCUT2D eigenvalue weighted by atomic mass is 9.91. The van der Waals surface area contributed by atoms with Crippen LogP contribution in [0.5, 0.6) is 0 Å². The summed E-state index contributed by atoms with van der Waals surface area (Å²) >= 11 is 0.